The number of likely N-dealkylation sites (tertiary alicyclic amines) is 1. The van der Waals surface area contributed by atoms with Gasteiger partial charge < -0.3 is 39.5 Å². The van der Waals surface area contributed by atoms with E-state index in [1.807, 2.05) is 60.9 Å². The minimum absolute atomic E-state index is 0.0408. The highest BCUT2D eigenvalue weighted by atomic mass is 16.6. The highest BCUT2D eigenvalue weighted by Gasteiger charge is 2.39. The Morgan fingerprint density at radius 2 is 1.32 bits per heavy atom. The Hall–Kier alpha value is -5.26. The number of hydrogen-bond acceptors (Lipinski definition) is 6. The average molecular weight is 687 g/mol. The van der Waals surface area contributed by atoms with Gasteiger partial charge in [0.15, 0.2) is 0 Å². The number of carbonyl (C=O) groups excluding carboxylic acids is 2. The number of carboxylic acid groups (broad SMARTS) is 2. The van der Waals surface area contributed by atoms with Crippen molar-refractivity contribution in [1.29, 1.82) is 0 Å². The van der Waals surface area contributed by atoms with Gasteiger partial charge in [-0.3, -0.25) is 4.79 Å². The second-order valence-electron chi connectivity index (χ2n) is 14.7. The van der Waals surface area contributed by atoms with Crippen LogP contribution in [0.3, 0.4) is 0 Å². The minimum atomic E-state index is -1.01. The summed E-state index contributed by atoms with van der Waals surface area (Å²) in [5.74, 6) is -2.68. The maximum absolute atomic E-state index is 12.3. The molecule has 1 fully saturated rings. The number of fused-ring (bicyclic) bond motifs is 2. The molecule has 2 aliphatic rings. The summed E-state index contributed by atoms with van der Waals surface area (Å²) in [7, 11) is 0. The Labute approximate surface area is 291 Å². The van der Waals surface area contributed by atoms with E-state index in [1.54, 1.807) is 41.5 Å². The fraction of sp³-hybridized carbons (Fsp3) is 0.421. The molecule has 0 radical (unpaired) electrons. The molecule has 2 aliphatic heterocycles. The van der Waals surface area contributed by atoms with E-state index in [9.17, 15) is 29.4 Å². The summed E-state index contributed by atoms with van der Waals surface area (Å²) in [6, 6.07) is 15.7. The summed E-state index contributed by atoms with van der Waals surface area (Å²) in [5, 5.41) is 21.4. The van der Waals surface area contributed by atoms with Gasteiger partial charge >= 0.3 is 24.1 Å². The Kier molecular flexibility index (Phi) is 10.3. The molecular formula is C38H46N4O8. The van der Waals surface area contributed by atoms with Gasteiger partial charge in [-0.15, -0.1) is 0 Å². The summed E-state index contributed by atoms with van der Waals surface area (Å²) < 4.78 is 10.8. The van der Waals surface area contributed by atoms with Gasteiger partial charge in [0.2, 0.25) is 0 Å². The number of rotatable bonds is 4. The molecule has 4 heterocycles. The molecule has 50 heavy (non-hydrogen) atoms. The number of hydrogen-bond donors (Lipinski definition) is 4. The lowest BCUT2D eigenvalue weighted by Crippen LogP contribution is -2.47. The van der Waals surface area contributed by atoms with E-state index in [4.69, 9.17) is 9.47 Å². The maximum atomic E-state index is 12.3. The monoisotopic (exact) mass is 686 g/mol. The summed E-state index contributed by atoms with van der Waals surface area (Å²) in [4.78, 5) is 57.6. The average Bonchev–Trinajstić information content (AvgIpc) is 3.67. The van der Waals surface area contributed by atoms with Crippen LogP contribution in [-0.2, 0) is 19.1 Å². The van der Waals surface area contributed by atoms with Gasteiger partial charge in [0.05, 0.1) is 18.0 Å². The van der Waals surface area contributed by atoms with E-state index < -0.39 is 41.2 Å². The number of amides is 2. The van der Waals surface area contributed by atoms with Crippen molar-refractivity contribution in [2.45, 2.75) is 71.5 Å². The van der Waals surface area contributed by atoms with Crippen LogP contribution in [-0.4, -0.2) is 91.5 Å². The van der Waals surface area contributed by atoms with Crippen molar-refractivity contribution < 1.29 is 38.9 Å². The fourth-order valence-electron chi connectivity index (χ4n) is 6.53. The number of benzene rings is 2. The molecule has 0 unspecified atom stereocenters. The number of aromatic nitrogens is 2. The summed E-state index contributed by atoms with van der Waals surface area (Å²) in [6.45, 7) is 11.9. The Bertz CT molecular complexity index is 1930. The molecule has 0 saturated carbocycles. The first kappa shape index (κ1) is 36.0. The van der Waals surface area contributed by atoms with E-state index in [2.05, 4.69) is 9.97 Å². The third kappa shape index (κ3) is 8.30. The lowest BCUT2D eigenvalue weighted by Gasteiger charge is -2.37. The van der Waals surface area contributed by atoms with E-state index in [0.29, 0.717) is 25.9 Å². The number of aromatic amines is 2. The standard InChI is InChI=1S/C19H24N2O4.C19H22N2O4/c2*1-19(2,3)25-18(24)21-9-8-12(15(11-21)17(22)23)14-10-20-16-7-5-4-6-13(14)16/h4-7,10,12,15,20H,8-9,11H2,1-3H3,(H,22,23);4-7,10,20H,8-9,11H2,1-3H3,(H,22,23)/t12-,15-;/m1./s1. The highest BCUT2D eigenvalue weighted by Crippen LogP contribution is 2.38. The fourth-order valence-corrected chi connectivity index (χ4v) is 6.53. The van der Waals surface area contributed by atoms with Crippen LogP contribution in [0, 0.1) is 5.92 Å². The normalized spacial score (nSPS) is 18.4. The first-order valence-corrected chi connectivity index (χ1v) is 16.8. The molecule has 2 aromatic heterocycles. The molecule has 2 amide bonds. The molecular weight excluding hydrogens is 640 g/mol. The van der Waals surface area contributed by atoms with E-state index in [1.165, 1.54) is 9.80 Å². The van der Waals surface area contributed by atoms with Crippen LogP contribution < -0.4 is 0 Å². The number of para-hydroxylation sites is 2. The number of aliphatic carboxylic acids is 2. The SMILES string of the molecule is CC(C)(C)OC(=O)N1CCC(c2c[nH]c3ccccc23)=C(C(=O)O)C1.CC(C)(C)OC(=O)N1CC[C@H](c2c[nH]c3ccccc23)[C@H](C(=O)O)C1. The van der Waals surface area contributed by atoms with E-state index in [-0.39, 0.29) is 24.6 Å². The molecule has 12 heteroatoms. The largest absolute Gasteiger partial charge is 0.481 e. The van der Waals surface area contributed by atoms with Crippen molar-refractivity contribution in [2.24, 2.45) is 5.92 Å². The topological polar surface area (TPSA) is 165 Å². The molecule has 0 aliphatic carbocycles. The lowest BCUT2D eigenvalue weighted by molar-refractivity contribution is -0.144. The molecule has 2 aromatic carbocycles. The van der Waals surface area contributed by atoms with Gasteiger partial charge in [0.25, 0.3) is 0 Å². The number of ether oxygens (including phenoxy) is 2. The molecule has 12 nitrogen and oxygen atoms in total. The Morgan fingerprint density at radius 3 is 1.92 bits per heavy atom. The van der Waals surface area contributed by atoms with Crippen LogP contribution >= 0.6 is 0 Å². The molecule has 4 aromatic rings. The number of carboxylic acids is 2. The van der Waals surface area contributed by atoms with Gasteiger partial charge in [-0.05, 0) is 77.7 Å². The van der Waals surface area contributed by atoms with Gasteiger partial charge in [-0.1, -0.05) is 36.4 Å². The summed E-state index contributed by atoms with van der Waals surface area (Å²) in [5.41, 5.74) is 3.65. The van der Waals surface area contributed by atoms with Crippen LogP contribution in [0.1, 0.15) is 71.4 Å². The van der Waals surface area contributed by atoms with E-state index in [0.717, 1.165) is 38.5 Å². The van der Waals surface area contributed by atoms with Crippen LogP contribution in [0.5, 0.6) is 0 Å². The zero-order valence-electron chi connectivity index (χ0n) is 29.4. The van der Waals surface area contributed by atoms with Gasteiger partial charge in [0, 0.05) is 65.3 Å². The number of nitrogens with zero attached hydrogens (tertiary/aromatic N) is 2. The number of piperidine rings is 1. The Balaban J connectivity index is 0.000000194. The number of H-pyrrole nitrogens is 2. The highest BCUT2D eigenvalue weighted by molar-refractivity contribution is 6.03. The van der Waals surface area contributed by atoms with E-state index >= 15 is 0 Å². The van der Waals surface area contributed by atoms with Crippen molar-refractivity contribution in [3.05, 3.63) is 77.6 Å². The van der Waals surface area contributed by atoms with Gasteiger partial charge in [-0.2, -0.15) is 0 Å². The summed E-state index contributed by atoms with van der Waals surface area (Å²) >= 11 is 0. The lowest BCUT2D eigenvalue weighted by atomic mass is 9.80. The van der Waals surface area contributed by atoms with Crippen molar-refractivity contribution >= 4 is 51.5 Å². The number of carbonyl (C=O) groups is 4. The zero-order chi connectivity index (χ0) is 36.4. The zero-order valence-corrected chi connectivity index (χ0v) is 29.4. The van der Waals surface area contributed by atoms with Gasteiger partial charge in [0.1, 0.15) is 11.2 Å². The summed E-state index contributed by atoms with van der Waals surface area (Å²) in [6.07, 6.45) is 3.88. The predicted octanol–water partition coefficient (Wildman–Crippen LogP) is 7.24. The Morgan fingerprint density at radius 1 is 0.760 bits per heavy atom. The molecule has 266 valence electrons. The molecule has 4 N–H and O–H groups in total. The first-order chi connectivity index (χ1) is 23.5. The third-order valence-electron chi connectivity index (χ3n) is 8.77. The molecule has 6 rings (SSSR count). The molecule has 1 saturated heterocycles. The second kappa shape index (κ2) is 14.3. The molecule has 2 atom stereocenters. The second-order valence-corrected chi connectivity index (χ2v) is 14.7. The quantitative estimate of drug-likeness (QED) is 0.174. The first-order valence-electron chi connectivity index (χ1n) is 16.8. The molecule has 0 bridgehead atoms. The minimum Gasteiger partial charge on any atom is -0.481 e. The predicted molar refractivity (Wildman–Crippen MR) is 190 cm³/mol. The van der Waals surface area contributed by atoms with Crippen molar-refractivity contribution in [1.82, 2.24) is 19.8 Å². The van der Waals surface area contributed by atoms with Crippen LogP contribution in [0.2, 0.25) is 0 Å². The van der Waals surface area contributed by atoms with Crippen LogP contribution in [0.15, 0.2) is 66.5 Å². The van der Waals surface area contributed by atoms with Crippen LogP contribution in [0.25, 0.3) is 27.4 Å². The molecule has 0 spiro atoms. The third-order valence-corrected chi connectivity index (χ3v) is 8.77. The smallest absolute Gasteiger partial charge is 0.410 e. The number of nitrogens with one attached hydrogen (secondary N) is 2. The van der Waals surface area contributed by atoms with Crippen molar-refractivity contribution in [3.63, 3.8) is 0 Å². The maximum Gasteiger partial charge on any atom is 0.410 e. The van der Waals surface area contributed by atoms with Crippen LogP contribution in [0.4, 0.5) is 9.59 Å². The van der Waals surface area contributed by atoms with Crippen molar-refractivity contribution in [2.75, 3.05) is 26.2 Å². The van der Waals surface area contributed by atoms with Gasteiger partial charge in [-0.25, -0.2) is 14.4 Å². The van der Waals surface area contributed by atoms with Crippen molar-refractivity contribution in [3.8, 4) is 0 Å².